The van der Waals surface area contributed by atoms with E-state index in [-0.39, 0.29) is 5.82 Å². The minimum absolute atomic E-state index is 0.293. The second-order valence-corrected chi connectivity index (χ2v) is 3.17. The highest BCUT2D eigenvalue weighted by molar-refractivity contribution is 6.31. The fourth-order valence-corrected chi connectivity index (χ4v) is 1.39. The lowest BCUT2D eigenvalue weighted by atomic mass is 10.1. The number of aldehydes is 1. The molecule has 70 valence electrons. The minimum atomic E-state index is -0.293. The van der Waals surface area contributed by atoms with Gasteiger partial charge in [-0.2, -0.15) is 0 Å². The van der Waals surface area contributed by atoms with Crippen LogP contribution in [-0.4, -0.2) is 6.29 Å². The van der Waals surface area contributed by atoms with Crippen LogP contribution in [0.4, 0.5) is 4.39 Å². The summed E-state index contributed by atoms with van der Waals surface area (Å²) in [5, 5.41) is 0.436. The molecule has 3 heteroatoms. The third-order valence-corrected chi connectivity index (χ3v) is 2.16. The van der Waals surface area contributed by atoms with Crippen molar-refractivity contribution < 1.29 is 9.18 Å². The summed E-state index contributed by atoms with van der Waals surface area (Å²) >= 11 is 5.78. The van der Waals surface area contributed by atoms with Gasteiger partial charge in [-0.1, -0.05) is 17.7 Å². The fourth-order valence-electron chi connectivity index (χ4n) is 1.13. The fraction of sp³-hybridized carbons (Fsp3) is 0.300. The zero-order valence-corrected chi connectivity index (χ0v) is 7.85. The highest BCUT2D eigenvalue weighted by Gasteiger charge is 2.05. The third-order valence-electron chi connectivity index (χ3n) is 1.81. The number of carbonyl (C=O) groups excluding carboxylic acids is 1. The molecule has 0 saturated heterocycles. The van der Waals surface area contributed by atoms with Gasteiger partial charge in [0.2, 0.25) is 0 Å². The van der Waals surface area contributed by atoms with Gasteiger partial charge in [0, 0.05) is 17.0 Å². The van der Waals surface area contributed by atoms with Gasteiger partial charge in [0.1, 0.15) is 12.1 Å². The second kappa shape index (κ2) is 4.97. The summed E-state index contributed by atoms with van der Waals surface area (Å²) < 4.78 is 13.1. The lowest BCUT2D eigenvalue weighted by Crippen LogP contribution is -1.92. The van der Waals surface area contributed by atoms with Crippen LogP contribution in [0.2, 0.25) is 5.02 Å². The van der Waals surface area contributed by atoms with Crippen LogP contribution in [0.5, 0.6) is 0 Å². The van der Waals surface area contributed by atoms with E-state index in [0.717, 1.165) is 6.29 Å². The molecule has 13 heavy (non-hydrogen) atoms. The quantitative estimate of drug-likeness (QED) is 0.540. The van der Waals surface area contributed by atoms with Crippen molar-refractivity contribution in [2.45, 2.75) is 19.3 Å². The summed E-state index contributed by atoms with van der Waals surface area (Å²) in [4.78, 5) is 10.0. The zero-order chi connectivity index (χ0) is 9.68. The molecular weight excluding hydrogens is 191 g/mol. The highest BCUT2D eigenvalue weighted by Crippen LogP contribution is 2.20. The topological polar surface area (TPSA) is 17.1 Å². The Morgan fingerprint density at radius 2 is 2.23 bits per heavy atom. The van der Waals surface area contributed by atoms with Crippen molar-refractivity contribution in [3.63, 3.8) is 0 Å². The lowest BCUT2D eigenvalue weighted by Gasteiger charge is -2.03. The maximum absolute atomic E-state index is 13.1. The van der Waals surface area contributed by atoms with Crippen LogP contribution >= 0.6 is 11.6 Å². The van der Waals surface area contributed by atoms with Gasteiger partial charge in [-0.3, -0.25) is 0 Å². The monoisotopic (exact) mass is 200 g/mol. The summed E-state index contributed by atoms with van der Waals surface area (Å²) in [5.41, 5.74) is 0.506. The van der Waals surface area contributed by atoms with Gasteiger partial charge in [-0.25, -0.2) is 4.39 Å². The van der Waals surface area contributed by atoms with Crippen molar-refractivity contribution in [1.82, 2.24) is 0 Å². The van der Waals surface area contributed by atoms with E-state index in [1.165, 1.54) is 6.07 Å². The number of unbranched alkanes of at least 4 members (excludes halogenated alkanes) is 1. The van der Waals surface area contributed by atoms with Gasteiger partial charge >= 0.3 is 0 Å². The van der Waals surface area contributed by atoms with E-state index in [9.17, 15) is 9.18 Å². The molecule has 0 fully saturated rings. The largest absolute Gasteiger partial charge is 0.303 e. The lowest BCUT2D eigenvalue weighted by molar-refractivity contribution is -0.107. The number of benzene rings is 1. The Kier molecular flexibility index (Phi) is 3.90. The molecule has 1 aromatic carbocycles. The Labute approximate surface area is 81.5 Å². The van der Waals surface area contributed by atoms with E-state index >= 15 is 0 Å². The zero-order valence-electron chi connectivity index (χ0n) is 7.09. The molecule has 0 spiro atoms. The summed E-state index contributed by atoms with van der Waals surface area (Å²) in [5.74, 6) is -0.293. The molecule has 0 aliphatic heterocycles. The molecule has 0 radical (unpaired) electrons. The van der Waals surface area contributed by atoms with Crippen molar-refractivity contribution in [1.29, 1.82) is 0 Å². The van der Waals surface area contributed by atoms with E-state index in [2.05, 4.69) is 0 Å². The summed E-state index contributed by atoms with van der Waals surface area (Å²) in [6, 6.07) is 4.60. The molecule has 0 N–H and O–H groups in total. The van der Waals surface area contributed by atoms with E-state index in [1.807, 2.05) is 0 Å². The Hall–Kier alpha value is -0.890. The Morgan fingerprint density at radius 3 is 2.85 bits per heavy atom. The summed E-state index contributed by atoms with van der Waals surface area (Å²) in [6.07, 6.45) is 2.44. The molecule has 1 aromatic rings. The van der Waals surface area contributed by atoms with Gasteiger partial charge in [0.15, 0.2) is 0 Å². The molecule has 0 saturated carbocycles. The van der Waals surface area contributed by atoms with Crippen molar-refractivity contribution in [3.05, 3.63) is 34.6 Å². The molecule has 0 heterocycles. The predicted molar refractivity (Wildman–Crippen MR) is 50.4 cm³/mol. The van der Waals surface area contributed by atoms with Gasteiger partial charge in [0.25, 0.3) is 0 Å². The van der Waals surface area contributed by atoms with E-state index in [1.54, 1.807) is 12.1 Å². The standard InChI is InChI=1S/C10H10ClFO/c11-9-5-3-6-10(12)8(9)4-1-2-7-13/h3,5-7H,1-2,4H2. The predicted octanol–water partition coefficient (Wildman–Crippen LogP) is 3.00. The highest BCUT2D eigenvalue weighted by atomic mass is 35.5. The van der Waals surface area contributed by atoms with Gasteiger partial charge in [0.05, 0.1) is 0 Å². The molecule has 0 bridgehead atoms. The first-order valence-electron chi connectivity index (χ1n) is 4.12. The van der Waals surface area contributed by atoms with Gasteiger partial charge in [-0.05, 0) is 25.0 Å². The maximum Gasteiger partial charge on any atom is 0.127 e. The van der Waals surface area contributed by atoms with Crippen LogP contribution in [0.3, 0.4) is 0 Å². The normalized spacial score (nSPS) is 10.0. The molecule has 0 aromatic heterocycles. The maximum atomic E-state index is 13.1. The first kappa shape index (κ1) is 10.2. The molecule has 1 rings (SSSR count). The molecule has 0 aliphatic carbocycles. The Balaban J connectivity index is 2.69. The molecular formula is C10H10ClFO. The average Bonchev–Trinajstić information content (AvgIpc) is 2.10. The Bertz CT molecular complexity index is 279. The van der Waals surface area contributed by atoms with E-state index in [0.29, 0.717) is 29.8 Å². The number of rotatable bonds is 4. The molecule has 1 nitrogen and oxygen atoms in total. The van der Waals surface area contributed by atoms with E-state index in [4.69, 9.17) is 11.6 Å². The van der Waals surface area contributed by atoms with E-state index < -0.39 is 0 Å². The Morgan fingerprint density at radius 1 is 1.46 bits per heavy atom. The number of halogens is 2. The minimum Gasteiger partial charge on any atom is -0.303 e. The van der Waals surface area contributed by atoms with Crippen LogP contribution in [-0.2, 0) is 11.2 Å². The van der Waals surface area contributed by atoms with Crippen LogP contribution in [0.1, 0.15) is 18.4 Å². The third kappa shape index (κ3) is 2.81. The average molecular weight is 201 g/mol. The molecule has 0 atom stereocenters. The van der Waals surface area contributed by atoms with Gasteiger partial charge < -0.3 is 4.79 Å². The second-order valence-electron chi connectivity index (χ2n) is 2.76. The van der Waals surface area contributed by atoms with Crippen LogP contribution in [0, 0.1) is 5.82 Å². The first-order valence-corrected chi connectivity index (χ1v) is 4.50. The molecule has 0 aliphatic rings. The van der Waals surface area contributed by atoms with Crippen molar-refractivity contribution >= 4 is 17.9 Å². The van der Waals surface area contributed by atoms with Crippen LogP contribution in [0.25, 0.3) is 0 Å². The van der Waals surface area contributed by atoms with Crippen molar-refractivity contribution in [2.75, 3.05) is 0 Å². The number of hydrogen-bond donors (Lipinski definition) is 0. The van der Waals surface area contributed by atoms with Crippen molar-refractivity contribution in [3.8, 4) is 0 Å². The summed E-state index contributed by atoms with van der Waals surface area (Å²) in [7, 11) is 0. The smallest absolute Gasteiger partial charge is 0.127 e. The number of hydrogen-bond acceptors (Lipinski definition) is 1. The number of carbonyl (C=O) groups is 1. The molecule has 0 unspecified atom stereocenters. The SMILES string of the molecule is O=CCCCc1c(F)cccc1Cl. The first-order chi connectivity index (χ1) is 6.25. The van der Waals surface area contributed by atoms with Crippen molar-refractivity contribution in [2.24, 2.45) is 0 Å². The van der Waals surface area contributed by atoms with Gasteiger partial charge in [-0.15, -0.1) is 0 Å². The molecule has 0 amide bonds. The summed E-state index contributed by atoms with van der Waals surface area (Å²) in [6.45, 7) is 0. The van der Waals surface area contributed by atoms with Crippen LogP contribution < -0.4 is 0 Å². The van der Waals surface area contributed by atoms with Crippen LogP contribution in [0.15, 0.2) is 18.2 Å².